The van der Waals surface area contributed by atoms with Gasteiger partial charge < -0.3 is 14.2 Å². The van der Waals surface area contributed by atoms with Gasteiger partial charge in [-0.3, -0.25) is 4.79 Å². The van der Waals surface area contributed by atoms with Gasteiger partial charge in [0.2, 0.25) is 0 Å². The molecule has 0 radical (unpaired) electrons. The van der Waals surface area contributed by atoms with Gasteiger partial charge in [0.05, 0.1) is 25.7 Å². The summed E-state index contributed by atoms with van der Waals surface area (Å²) in [7, 11) is 0. The van der Waals surface area contributed by atoms with Gasteiger partial charge in [-0.2, -0.15) is 0 Å². The van der Waals surface area contributed by atoms with Crippen molar-refractivity contribution >= 4 is 5.97 Å². The number of unbranched alkanes of at least 4 members (excludes halogenated alkanes) is 1. The molecule has 0 aromatic heterocycles. The zero-order valence-electron chi connectivity index (χ0n) is 9.16. The lowest BCUT2D eigenvalue weighted by atomic mass is 9.79. The molecule has 0 aromatic carbocycles. The fraction of sp³-hybridized carbons (Fsp3) is 0.909. The maximum Gasteiger partial charge on any atom is 0.309 e. The van der Waals surface area contributed by atoms with Crippen molar-refractivity contribution in [3.63, 3.8) is 0 Å². The number of rotatable bonds is 4. The number of hydrogen-bond donors (Lipinski definition) is 0. The molecule has 0 atom stereocenters. The Labute approximate surface area is 89.9 Å². The van der Waals surface area contributed by atoms with E-state index in [9.17, 15) is 4.79 Å². The summed E-state index contributed by atoms with van der Waals surface area (Å²) in [6.45, 7) is 3.92. The van der Waals surface area contributed by atoms with E-state index >= 15 is 0 Å². The predicted molar refractivity (Wildman–Crippen MR) is 53.2 cm³/mol. The number of carbonyl (C=O) groups excluding carboxylic acids is 1. The summed E-state index contributed by atoms with van der Waals surface area (Å²) in [4.78, 5) is 11.5. The molecule has 0 unspecified atom stereocenters. The highest BCUT2D eigenvalue weighted by atomic mass is 16.7. The third-order valence-electron chi connectivity index (χ3n) is 3.00. The summed E-state index contributed by atoms with van der Waals surface area (Å²) in [5, 5.41) is 0. The zero-order valence-corrected chi connectivity index (χ0v) is 9.16. The van der Waals surface area contributed by atoms with Crippen LogP contribution in [0, 0.1) is 5.92 Å². The first-order valence-electron chi connectivity index (χ1n) is 5.70. The Balaban J connectivity index is 1.67. The van der Waals surface area contributed by atoms with Gasteiger partial charge in [0, 0.05) is 12.8 Å². The van der Waals surface area contributed by atoms with E-state index in [1.165, 1.54) is 0 Å². The first-order chi connectivity index (χ1) is 7.26. The smallest absolute Gasteiger partial charge is 0.309 e. The summed E-state index contributed by atoms with van der Waals surface area (Å²) >= 11 is 0. The van der Waals surface area contributed by atoms with Crippen LogP contribution in [0.15, 0.2) is 0 Å². The molecule has 86 valence electrons. The van der Waals surface area contributed by atoms with E-state index in [2.05, 4.69) is 6.92 Å². The van der Waals surface area contributed by atoms with Gasteiger partial charge in [-0.15, -0.1) is 0 Å². The zero-order chi connectivity index (χ0) is 10.7. The largest absolute Gasteiger partial charge is 0.465 e. The maximum atomic E-state index is 11.5. The Kier molecular flexibility index (Phi) is 3.26. The van der Waals surface area contributed by atoms with Gasteiger partial charge in [-0.1, -0.05) is 13.3 Å². The minimum absolute atomic E-state index is 0.0139. The number of esters is 1. The molecule has 1 spiro atoms. The van der Waals surface area contributed by atoms with Crippen molar-refractivity contribution in [1.29, 1.82) is 0 Å². The minimum Gasteiger partial charge on any atom is -0.465 e. The van der Waals surface area contributed by atoms with Crippen LogP contribution in [0.1, 0.15) is 32.6 Å². The highest BCUT2D eigenvalue weighted by Gasteiger charge is 2.52. The molecule has 2 rings (SSSR count). The quantitative estimate of drug-likeness (QED) is 0.525. The highest BCUT2D eigenvalue weighted by molar-refractivity contribution is 5.73. The summed E-state index contributed by atoms with van der Waals surface area (Å²) in [5.74, 6) is -0.540. The van der Waals surface area contributed by atoms with Crippen LogP contribution >= 0.6 is 0 Å². The van der Waals surface area contributed by atoms with E-state index < -0.39 is 5.79 Å². The van der Waals surface area contributed by atoms with Crippen molar-refractivity contribution < 1.29 is 19.0 Å². The second-order valence-corrected chi connectivity index (χ2v) is 4.23. The van der Waals surface area contributed by atoms with Crippen LogP contribution in [0.3, 0.4) is 0 Å². The van der Waals surface area contributed by atoms with E-state index in [4.69, 9.17) is 14.2 Å². The lowest BCUT2D eigenvalue weighted by Gasteiger charge is -2.41. The number of carbonyl (C=O) groups is 1. The van der Waals surface area contributed by atoms with E-state index in [1.807, 2.05) is 0 Å². The van der Waals surface area contributed by atoms with Crippen molar-refractivity contribution in [3.05, 3.63) is 0 Å². The molecule has 1 aliphatic heterocycles. The Hall–Kier alpha value is -0.610. The van der Waals surface area contributed by atoms with Crippen molar-refractivity contribution in [1.82, 2.24) is 0 Å². The van der Waals surface area contributed by atoms with Gasteiger partial charge >= 0.3 is 5.97 Å². The second kappa shape index (κ2) is 4.49. The Morgan fingerprint density at radius 1 is 1.40 bits per heavy atom. The average Bonchev–Trinajstić information content (AvgIpc) is 2.64. The summed E-state index contributed by atoms with van der Waals surface area (Å²) in [5.41, 5.74) is 0. The van der Waals surface area contributed by atoms with Crippen LogP contribution in [0.25, 0.3) is 0 Å². The fourth-order valence-electron chi connectivity index (χ4n) is 2.03. The van der Waals surface area contributed by atoms with Gasteiger partial charge in [-0.05, 0) is 6.42 Å². The third-order valence-corrected chi connectivity index (χ3v) is 3.00. The lowest BCUT2D eigenvalue weighted by Crippen LogP contribution is -2.48. The third kappa shape index (κ3) is 2.32. The molecule has 0 bridgehead atoms. The topological polar surface area (TPSA) is 44.8 Å². The number of ether oxygens (including phenoxy) is 3. The van der Waals surface area contributed by atoms with E-state index in [-0.39, 0.29) is 11.9 Å². The molecule has 1 saturated heterocycles. The van der Waals surface area contributed by atoms with Crippen molar-refractivity contribution in [2.75, 3.05) is 19.8 Å². The van der Waals surface area contributed by atoms with E-state index in [1.54, 1.807) is 0 Å². The summed E-state index contributed by atoms with van der Waals surface area (Å²) < 4.78 is 16.0. The van der Waals surface area contributed by atoms with Gasteiger partial charge in [0.25, 0.3) is 0 Å². The lowest BCUT2D eigenvalue weighted by molar-refractivity contribution is -0.235. The van der Waals surface area contributed by atoms with Crippen molar-refractivity contribution in [2.24, 2.45) is 5.92 Å². The SMILES string of the molecule is CCCCOC(=O)C1CC2(C1)OCCO2. The van der Waals surface area contributed by atoms with Crippen LogP contribution in [-0.2, 0) is 19.0 Å². The minimum atomic E-state index is -0.436. The van der Waals surface area contributed by atoms with Gasteiger partial charge in [-0.25, -0.2) is 0 Å². The van der Waals surface area contributed by atoms with E-state index in [0.717, 1.165) is 12.8 Å². The number of hydrogen-bond acceptors (Lipinski definition) is 4. The second-order valence-electron chi connectivity index (χ2n) is 4.23. The first-order valence-corrected chi connectivity index (χ1v) is 5.70. The Morgan fingerprint density at radius 2 is 2.07 bits per heavy atom. The maximum absolute atomic E-state index is 11.5. The summed E-state index contributed by atoms with van der Waals surface area (Å²) in [6, 6.07) is 0. The highest BCUT2D eigenvalue weighted by Crippen LogP contribution is 2.44. The van der Waals surface area contributed by atoms with Crippen LogP contribution in [0.2, 0.25) is 0 Å². The predicted octanol–water partition coefficient (Wildman–Crippen LogP) is 1.48. The van der Waals surface area contributed by atoms with Gasteiger partial charge in [0.1, 0.15) is 0 Å². The van der Waals surface area contributed by atoms with Crippen LogP contribution < -0.4 is 0 Å². The van der Waals surface area contributed by atoms with Crippen LogP contribution in [-0.4, -0.2) is 31.6 Å². The molecule has 4 heteroatoms. The Bertz CT molecular complexity index is 225. The molecule has 4 nitrogen and oxygen atoms in total. The molecular formula is C11H18O4. The van der Waals surface area contributed by atoms with Crippen LogP contribution in [0.5, 0.6) is 0 Å². The molecule has 1 aliphatic carbocycles. The molecular weight excluding hydrogens is 196 g/mol. The Morgan fingerprint density at radius 3 is 2.67 bits per heavy atom. The first kappa shape index (κ1) is 10.9. The van der Waals surface area contributed by atoms with E-state index in [0.29, 0.717) is 32.7 Å². The fourth-order valence-corrected chi connectivity index (χ4v) is 2.03. The standard InChI is InChI=1S/C11H18O4/c1-2-3-4-13-10(12)9-7-11(8-9)14-5-6-15-11/h9H,2-8H2,1H3. The van der Waals surface area contributed by atoms with Crippen LogP contribution in [0.4, 0.5) is 0 Å². The van der Waals surface area contributed by atoms with Crippen molar-refractivity contribution in [2.45, 2.75) is 38.4 Å². The molecule has 0 amide bonds. The van der Waals surface area contributed by atoms with Gasteiger partial charge in [0.15, 0.2) is 5.79 Å². The molecule has 15 heavy (non-hydrogen) atoms. The molecule has 1 heterocycles. The summed E-state index contributed by atoms with van der Waals surface area (Å²) in [6.07, 6.45) is 3.32. The molecule has 1 saturated carbocycles. The monoisotopic (exact) mass is 214 g/mol. The molecule has 2 fully saturated rings. The molecule has 0 N–H and O–H groups in total. The average molecular weight is 214 g/mol. The normalized spacial score (nSPS) is 24.1. The molecule has 2 aliphatic rings. The molecule has 0 aromatic rings. The van der Waals surface area contributed by atoms with Crippen molar-refractivity contribution in [3.8, 4) is 0 Å².